The van der Waals surface area contributed by atoms with Gasteiger partial charge in [0.05, 0.1) is 6.20 Å². The second-order valence-corrected chi connectivity index (χ2v) is 3.53. The maximum Gasteiger partial charge on any atom is 0.128 e. The molecule has 5 nitrogen and oxygen atoms in total. The van der Waals surface area contributed by atoms with Crippen molar-refractivity contribution in [3.05, 3.63) is 36.2 Å². The minimum atomic E-state index is 0.730. The van der Waals surface area contributed by atoms with Gasteiger partial charge in [0.15, 0.2) is 0 Å². The van der Waals surface area contributed by atoms with Gasteiger partial charge < -0.3 is 10.6 Å². The molecule has 0 aromatic carbocycles. The molecule has 0 bridgehead atoms. The topological polar surface area (TPSA) is 54.8 Å². The molecule has 0 spiro atoms. The van der Waals surface area contributed by atoms with Crippen LogP contribution in [-0.4, -0.2) is 21.8 Å². The fourth-order valence-electron chi connectivity index (χ4n) is 1.43. The third-order valence-corrected chi connectivity index (χ3v) is 2.24. The predicted molar refractivity (Wildman–Crippen MR) is 64.3 cm³/mol. The molecule has 0 aliphatic carbocycles. The summed E-state index contributed by atoms with van der Waals surface area (Å²) in [6, 6.07) is 5.83. The smallest absolute Gasteiger partial charge is 0.128 e. The van der Waals surface area contributed by atoms with Crippen molar-refractivity contribution in [2.75, 3.05) is 17.7 Å². The van der Waals surface area contributed by atoms with E-state index in [1.807, 2.05) is 44.7 Å². The fraction of sp³-hybridized carbons (Fsp3) is 0.273. The van der Waals surface area contributed by atoms with Gasteiger partial charge in [-0.25, -0.2) is 4.98 Å². The summed E-state index contributed by atoms with van der Waals surface area (Å²) in [6.45, 7) is 0.730. The highest BCUT2D eigenvalue weighted by atomic mass is 15.2. The molecule has 2 aromatic heterocycles. The predicted octanol–water partition coefficient (Wildman–Crippen LogP) is 1.47. The van der Waals surface area contributed by atoms with Crippen LogP contribution in [0.3, 0.4) is 0 Å². The third-order valence-electron chi connectivity index (χ3n) is 2.24. The average Bonchev–Trinajstić information content (AvgIpc) is 2.73. The Kier molecular flexibility index (Phi) is 3.05. The number of aromatic nitrogens is 3. The Morgan fingerprint density at radius 3 is 2.81 bits per heavy atom. The molecule has 0 radical (unpaired) electrons. The molecule has 5 heteroatoms. The van der Waals surface area contributed by atoms with Gasteiger partial charge in [-0.2, -0.15) is 5.10 Å². The Labute approximate surface area is 94.5 Å². The van der Waals surface area contributed by atoms with Crippen molar-refractivity contribution >= 4 is 11.6 Å². The molecule has 2 heterocycles. The van der Waals surface area contributed by atoms with Gasteiger partial charge in [0.2, 0.25) is 0 Å². The summed E-state index contributed by atoms with van der Waals surface area (Å²) in [4.78, 5) is 4.36. The average molecular weight is 217 g/mol. The largest absolute Gasteiger partial charge is 0.373 e. The van der Waals surface area contributed by atoms with Crippen molar-refractivity contribution in [1.82, 2.24) is 14.8 Å². The van der Waals surface area contributed by atoms with E-state index in [-0.39, 0.29) is 0 Å². The lowest BCUT2D eigenvalue weighted by Gasteiger charge is -2.05. The van der Waals surface area contributed by atoms with Crippen LogP contribution in [0.15, 0.2) is 30.6 Å². The Hall–Kier alpha value is -2.04. The van der Waals surface area contributed by atoms with Gasteiger partial charge in [-0.05, 0) is 12.1 Å². The van der Waals surface area contributed by atoms with E-state index in [0.717, 1.165) is 23.7 Å². The van der Waals surface area contributed by atoms with Crippen LogP contribution in [-0.2, 0) is 13.6 Å². The number of rotatable bonds is 4. The lowest BCUT2D eigenvalue weighted by atomic mass is 10.3. The molecule has 2 N–H and O–H groups in total. The Bertz CT molecular complexity index is 463. The summed E-state index contributed by atoms with van der Waals surface area (Å²) in [5, 5.41) is 10.4. The van der Waals surface area contributed by atoms with Crippen molar-refractivity contribution in [1.29, 1.82) is 0 Å². The van der Waals surface area contributed by atoms with Gasteiger partial charge in [-0.3, -0.25) is 4.68 Å². The lowest BCUT2D eigenvalue weighted by Crippen LogP contribution is -2.02. The molecule has 0 aliphatic rings. The molecule has 0 saturated carbocycles. The number of anilines is 2. The van der Waals surface area contributed by atoms with E-state index in [4.69, 9.17) is 0 Å². The number of hydrogen-bond acceptors (Lipinski definition) is 4. The third kappa shape index (κ3) is 2.50. The normalized spacial score (nSPS) is 10.1. The second kappa shape index (κ2) is 4.65. The number of pyridine rings is 1. The van der Waals surface area contributed by atoms with Crippen molar-refractivity contribution in [3.63, 3.8) is 0 Å². The molecule has 0 saturated heterocycles. The first kappa shape index (κ1) is 10.5. The summed E-state index contributed by atoms with van der Waals surface area (Å²) < 4.78 is 1.79. The van der Waals surface area contributed by atoms with Gasteiger partial charge in [-0.1, -0.05) is 6.07 Å². The van der Waals surface area contributed by atoms with Crippen LogP contribution in [0.4, 0.5) is 11.6 Å². The first-order valence-electron chi connectivity index (χ1n) is 5.14. The van der Waals surface area contributed by atoms with Crippen molar-refractivity contribution in [2.45, 2.75) is 6.54 Å². The Morgan fingerprint density at radius 1 is 1.31 bits per heavy atom. The Balaban J connectivity index is 1.99. The van der Waals surface area contributed by atoms with Gasteiger partial charge in [0.25, 0.3) is 0 Å². The van der Waals surface area contributed by atoms with E-state index in [1.165, 1.54) is 0 Å². The van der Waals surface area contributed by atoms with Crippen LogP contribution >= 0.6 is 0 Å². The zero-order valence-electron chi connectivity index (χ0n) is 9.44. The highest BCUT2D eigenvalue weighted by Crippen LogP contribution is 2.09. The lowest BCUT2D eigenvalue weighted by molar-refractivity contribution is 0.767. The number of nitrogens with one attached hydrogen (secondary N) is 2. The van der Waals surface area contributed by atoms with Crippen molar-refractivity contribution < 1.29 is 0 Å². The summed E-state index contributed by atoms with van der Waals surface area (Å²) in [5.41, 5.74) is 1.14. The Morgan fingerprint density at radius 2 is 2.12 bits per heavy atom. The minimum absolute atomic E-state index is 0.730. The molecule has 16 heavy (non-hydrogen) atoms. The van der Waals surface area contributed by atoms with E-state index in [1.54, 1.807) is 4.68 Å². The van der Waals surface area contributed by atoms with E-state index in [2.05, 4.69) is 20.7 Å². The van der Waals surface area contributed by atoms with Crippen LogP contribution in [0.1, 0.15) is 5.56 Å². The molecule has 0 atom stereocenters. The molecular weight excluding hydrogens is 202 g/mol. The molecular formula is C11H15N5. The first-order valence-corrected chi connectivity index (χ1v) is 5.14. The molecule has 0 fully saturated rings. The van der Waals surface area contributed by atoms with E-state index in [0.29, 0.717) is 0 Å². The maximum absolute atomic E-state index is 4.36. The quantitative estimate of drug-likeness (QED) is 0.814. The van der Waals surface area contributed by atoms with Gasteiger partial charge in [-0.15, -0.1) is 0 Å². The molecule has 0 amide bonds. The molecule has 84 valence electrons. The summed E-state index contributed by atoms with van der Waals surface area (Å²) >= 11 is 0. The maximum atomic E-state index is 4.36. The standard InChI is InChI=1S/C11H15N5/c1-12-10-4-3-5-11(15-10)13-6-9-7-14-16(2)8-9/h3-5,7-8H,6H2,1-2H3,(H2,12,13,15). The van der Waals surface area contributed by atoms with Crippen molar-refractivity contribution in [3.8, 4) is 0 Å². The molecule has 0 unspecified atom stereocenters. The molecule has 0 aliphatic heterocycles. The van der Waals surface area contributed by atoms with Crippen molar-refractivity contribution in [2.24, 2.45) is 7.05 Å². The van der Waals surface area contributed by atoms with Crippen LogP contribution in [0.25, 0.3) is 0 Å². The zero-order chi connectivity index (χ0) is 11.4. The van der Waals surface area contributed by atoms with E-state index >= 15 is 0 Å². The van der Waals surface area contributed by atoms with Crippen LogP contribution in [0, 0.1) is 0 Å². The minimum Gasteiger partial charge on any atom is -0.373 e. The highest BCUT2D eigenvalue weighted by molar-refractivity contribution is 5.44. The number of nitrogens with zero attached hydrogens (tertiary/aromatic N) is 3. The monoisotopic (exact) mass is 217 g/mol. The number of hydrogen-bond donors (Lipinski definition) is 2. The summed E-state index contributed by atoms with van der Waals surface area (Å²) in [6.07, 6.45) is 3.82. The first-order chi connectivity index (χ1) is 7.78. The van der Waals surface area contributed by atoms with Gasteiger partial charge in [0.1, 0.15) is 11.6 Å². The zero-order valence-corrected chi connectivity index (χ0v) is 9.44. The summed E-state index contributed by atoms with van der Waals surface area (Å²) in [5.74, 6) is 1.71. The highest BCUT2D eigenvalue weighted by Gasteiger charge is 1.98. The van der Waals surface area contributed by atoms with Crippen LogP contribution < -0.4 is 10.6 Å². The SMILES string of the molecule is CNc1cccc(NCc2cnn(C)c2)n1. The van der Waals surface area contributed by atoms with E-state index in [9.17, 15) is 0 Å². The molecule has 2 aromatic rings. The fourth-order valence-corrected chi connectivity index (χ4v) is 1.43. The number of aryl methyl sites for hydroxylation is 1. The van der Waals surface area contributed by atoms with Crippen LogP contribution in [0.2, 0.25) is 0 Å². The molecule has 2 rings (SSSR count). The van der Waals surface area contributed by atoms with Gasteiger partial charge in [0, 0.05) is 32.4 Å². The van der Waals surface area contributed by atoms with E-state index < -0.39 is 0 Å². The summed E-state index contributed by atoms with van der Waals surface area (Å²) in [7, 11) is 3.76. The van der Waals surface area contributed by atoms with Crippen LogP contribution in [0.5, 0.6) is 0 Å². The van der Waals surface area contributed by atoms with Gasteiger partial charge >= 0.3 is 0 Å². The second-order valence-electron chi connectivity index (χ2n) is 3.53.